The molecule has 0 aromatic heterocycles. The van der Waals surface area contributed by atoms with Gasteiger partial charge in [-0.25, -0.2) is 5.43 Å². The second kappa shape index (κ2) is 8.21. The Labute approximate surface area is 121 Å². The molecule has 2 atom stereocenters. The molecule has 2 aliphatic rings. The lowest BCUT2D eigenvalue weighted by Gasteiger charge is -2.23. The zero-order chi connectivity index (χ0) is 14.2. The van der Waals surface area contributed by atoms with E-state index in [4.69, 9.17) is 5.73 Å². The second-order valence-electron chi connectivity index (χ2n) is 5.74. The molecule has 0 spiro atoms. The zero-order valence-electron chi connectivity index (χ0n) is 12.5. The number of aliphatic imine (C=N–C) groups is 1. The van der Waals surface area contributed by atoms with Gasteiger partial charge in [0, 0.05) is 12.1 Å². The molecule has 2 fully saturated rings. The van der Waals surface area contributed by atoms with E-state index >= 15 is 0 Å². The SMILES string of the molecule is C/C(=N\NC(N)=NCC1CCCCN1)C1CCCCN1. The Morgan fingerprint density at radius 3 is 2.55 bits per heavy atom. The smallest absolute Gasteiger partial charge is 0.209 e. The van der Waals surface area contributed by atoms with Gasteiger partial charge >= 0.3 is 0 Å². The first-order valence-corrected chi connectivity index (χ1v) is 7.82. The summed E-state index contributed by atoms with van der Waals surface area (Å²) in [7, 11) is 0. The molecule has 0 aromatic rings. The number of hydrazone groups is 1. The fourth-order valence-electron chi connectivity index (χ4n) is 2.76. The van der Waals surface area contributed by atoms with Crippen molar-refractivity contribution in [3.63, 3.8) is 0 Å². The Morgan fingerprint density at radius 2 is 1.90 bits per heavy atom. The Bertz CT molecular complexity index is 340. The van der Waals surface area contributed by atoms with Crippen molar-refractivity contribution in [2.45, 2.75) is 57.5 Å². The molecule has 6 nitrogen and oxygen atoms in total. The summed E-state index contributed by atoms with van der Waals surface area (Å²) < 4.78 is 0. The first kappa shape index (κ1) is 15.3. The molecule has 2 unspecified atom stereocenters. The molecule has 6 heteroatoms. The summed E-state index contributed by atoms with van der Waals surface area (Å²) in [6, 6.07) is 0.846. The van der Waals surface area contributed by atoms with E-state index in [-0.39, 0.29) is 0 Å². The summed E-state index contributed by atoms with van der Waals surface area (Å²) in [5, 5.41) is 11.3. The minimum Gasteiger partial charge on any atom is -0.369 e. The van der Waals surface area contributed by atoms with E-state index in [0.717, 1.165) is 31.8 Å². The maximum absolute atomic E-state index is 5.85. The van der Waals surface area contributed by atoms with Crippen LogP contribution >= 0.6 is 0 Å². The van der Waals surface area contributed by atoms with Crippen LogP contribution < -0.4 is 21.8 Å². The molecule has 0 saturated carbocycles. The average Bonchev–Trinajstić information content (AvgIpc) is 2.52. The number of hydrogen-bond acceptors (Lipinski definition) is 4. The highest BCUT2D eigenvalue weighted by Gasteiger charge is 2.15. The molecular formula is C14H28N6. The van der Waals surface area contributed by atoms with E-state index in [1.165, 1.54) is 32.1 Å². The van der Waals surface area contributed by atoms with Crippen molar-refractivity contribution in [3.05, 3.63) is 0 Å². The van der Waals surface area contributed by atoms with Gasteiger partial charge in [-0.1, -0.05) is 12.8 Å². The van der Waals surface area contributed by atoms with Crippen molar-refractivity contribution >= 4 is 11.7 Å². The zero-order valence-corrected chi connectivity index (χ0v) is 12.5. The number of nitrogens with one attached hydrogen (secondary N) is 3. The van der Waals surface area contributed by atoms with Gasteiger partial charge in [0.1, 0.15) is 0 Å². The van der Waals surface area contributed by atoms with Gasteiger partial charge in [-0.15, -0.1) is 0 Å². The summed E-state index contributed by atoms with van der Waals surface area (Å²) in [6.07, 6.45) is 7.42. The van der Waals surface area contributed by atoms with E-state index < -0.39 is 0 Å². The van der Waals surface area contributed by atoms with E-state index in [9.17, 15) is 0 Å². The number of piperidine rings is 2. The Hall–Kier alpha value is -1.14. The van der Waals surface area contributed by atoms with Crippen LogP contribution in [0.15, 0.2) is 10.1 Å². The van der Waals surface area contributed by atoms with Crippen LogP contribution in [0.1, 0.15) is 45.4 Å². The predicted molar refractivity (Wildman–Crippen MR) is 84.0 cm³/mol. The Balaban J connectivity index is 1.73. The lowest BCUT2D eigenvalue weighted by Crippen LogP contribution is -2.41. The number of hydrogen-bond donors (Lipinski definition) is 4. The van der Waals surface area contributed by atoms with E-state index in [2.05, 4.69) is 26.2 Å². The number of guanidine groups is 1. The molecular weight excluding hydrogens is 252 g/mol. The molecule has 0 aromatic carbocycles. The van der Waals surface area contributed by atoms with Gasteiger partial charge in [-0.05, 0) is 45.7 Å². The summed E-state index contributed by atoms with van der Waals surface area (Å²) in [5.41, 5.74) is 9.77. The largest absolute Gasteiger partial charge is 0.369 e. The summed E-state index contributed by atoms with van der Waals surface area (Å²) >= 11 is 0. The fourth-order valence-corrected chi connectivity index (χ4v) is 2.76. The molecule has 114 valence electrons. The first-order valence-electron chi connectivity index (χ1n) is 7.82. The third kappa shape index (κ3) is 5.09. The molecule has 20 heavy (non-hydrogen) atoms. The summed E-state index contributed by atoms with van der Waals surface area (Å²) in [4.78, 5) is 4.36. The minimum atomic E-state index is 0.379. The Morgan fingerprint density at radius 1 is 1.15 bits per heavy atom. The maximum atomic E-state index is 5.85. The van der Waals surface area contributed by atoms with Crippen molar-refractivity contribution in [2.75, 3.05) is 19.6 Å². The van der Waals surface area contributed by atoms with E-state index in [1.807, 2.05) is 6.92 Å². The molecule has 0 radical (unpaired) electrons. The maximum Gasteiger partial charge on any atom is 0.209 e. The van der Waals surface area contributed by atoms with E-state index in [1.54, 1.807) is 0 Å². The number of nitrogens with zero attached hydrogens (tertiary/aromatic N) is 2. The van der Waals surface area contributed by atoms with Crippen LogP contribution in [0.25, 0.3) is 0 Å². The third-order valence-electron chi connectivity index (χ3n) is 4.06. The molecule has 0 aliphatic carbocycles. The van der Waals surface area contributed by atoms with Crippen molar-refractivity contribution < 1.29 is 0 Å². The van der Waals surface area contributed by atoms with Crippen molar-refractivity contribution in [3.8, 4) is 0 Å². The highest BCUT2D eigenvalue weighted by Crippen LogP contribution is 2.08. The van der Waals surface area contributed by atoms with Gasteiger partial charge in [-0.3, -0.25) is 4.99 Å². The lowest BCUT2D eigenvalue weighted by molar-refractivity contribution is 0.408. The molecule has 2 saturated heterocycles. The normalized spacial score (nSPS) is 29.2. The number of nitrogens with two attached hydrogens (primary N) is 1. The quantitative estimate of drug-likeness (QED) is 0.344. The van der Waals surface area contributed by atoms with Crippen LogP contribution in [0.4, 0.5) is 0 Å². The van der Waals surface area contributed by atoms with Gasteiger partial charge in [0.15, 0.2) is 0 Å². The molecule has 2 heterocycles. The average molecular weight is 280 g/mol. The van der Waals surface area contributed by atoms with Crippen LogP contribution in [-0.2, 0) is 0 Å². The van der Waals surface area contributed by atoms with Crippen molar-refractivity contribution in [1.29, 1.82) is 0 Å². The van der Waals surface area contributed by atoms with E-state index in [0.29, 0.717) is 18.0 Å². The highest BCUT2D eigenvalue weighted by molar-refractivity contribution is 5.89. The van der Waals surface area contributed by atoms with Crippen molar-refractivity contribution in [1.82, 2.24) is 16.1 Å². The topological polar surface area (TPSA) is 86.8 Å². The lowest BCUT2D eigenvalue weighted by atomic mass is 10.0. The minimum absolute atomic E-state index is 0.379. The molecule has 2 aliphatic heterocycles. The summed E-state index contributed by atoms with van der Waals surface area (Å²) in [5.74, 6) is 0.410. The van der Waals surface area contributed by atoms with Gasteiger partial charge in [0.2, 0.25) is 5.96 Å². The molecule has 0 amide bonds. The Kier molecular flexibility index (Phi) is 6.26. The van der Waals surface area contributed by atoms with Gasteiger partial charge in [0.05, 0.1) is 12.3 Å². The van der Waals surface area contributed by atoms with Crippen LogP contribution in [0, 0.1) is 0 Å². The van der Waals surface area contributed by atoms with Crippen LogP contribution in [0.5, 0.6) is 0 Å². The standard InChI is InChI=1S/C14H28N6/c1-11(13-7-3-5-9-17-13)19-20-14(15)18-10-12-6-2-4-8-16-12/h12-13,16-17H,2-10H2,1H3,(H3,15,18,20)/b19-11+. The second-order valence-corrected chi connectivity index (χ2v) is 5.74. The predicted octanol–water partition coefficient (Wildman–Crippen LogP) is 0.551. The third-order valence-corrected chi connectivity index (χ3v) is 4.06. The number of rotatable bonds is 4. The molecule has 0 bridgehead atoms. The molecule has 5 N–H and O–H groups in total. The van der Waals surface area contributed by atoms with Gasteiger partial charge in [0.25, 0.3) is 0 Å². The first-order chi connectivity index (χ1) is 9.75. The summed E-state index contributed by atoms with van der Waals surface area (Å²) in [6.45, 7) is 4.94. The van der Waals surface area contributed by atoms with Gasteiger partial charge < -0.3 is 16.4 Å². The van der Waals surface area contributed by atoms with Gasteiger partial charge in [-0.2, -0.15) is 5.10 Å². The fraction of sp³-hybridized carbons (Fsp3) is 0.857. The highest BCUT2D eigenvalue weighted by atomic mass is 15.4. The van der Waals surface area contributed by atoms with Crippen LogP contribution in [0.2, 0.25) is 0 Å². The van der Waals surface area contributed by atoms with Crippen LogP contribution in [-0.4, -0.2) is 43.4 Å². The molecule has 2 rings (SSSR count). The monoisotopic (exact) mass is 280 g/mol. The van der Waals surface area contributed by atoms with Crippen LogP contribution in [0.3, 0.4) is 0 Å². The van der Waals surface area contributed by atoms with Crippen molar-refractivity contribution in [2.24, 2.45) is 15.8 Å².